The van der Waals surface area contributed by atoms with Crippen molar-refractivity contribution in [3.8, 4) is 0 Å². The van der Waals surface area contributed by atoms with Gasteiger partial charge in [-0.15, -0.1) is 0 Å². The van der Waals surface area contributed by atoms with Gasteiger partial charge in [-0.3, -0.25) is 9.09 Å². The van der Waals surface area contributed by atoms with Crippen molar-refractivity contribution in [1.82, 2.24) is 19.5 Å². The van der Waals surface area contributed by atoms with E-state index >= 15 is 0 Å². The van der Waals surface area contributed by atoms with E-state index in [1.54, 1.807) is 25.2 Å². The molecule has 0 amide bonds. The number of aliphatic hydroxyl groups excluding tert-OH is 1. The number of carbonyl (C=O) groups is 1. The largest absolute Gasteiger partial charge is 0.481 e. The van der Waals surface area contributed by atoms with E-state index in [2.05, 4.69) is 29.1 Å². The number of rotatable bonds is 9. The minimum absolute atomic E-state index is 0.0542. The number of anilines is 2. The summed E-state index contributed by atoms with van der Waals surface area (Å²) in [5.41, 5.74) is 6.71. The van der Waals surface area contributed by atoms with Gasteiger partial charge < -0.3 is 40.3 Å². The van der Waals surface area contributed by atoms with Crippen molar-refractivity contribution in [3.63, 3.8) is 0 Å². The molecule has 3 heterocycles. The zero-order valence-electron chi connectivity index (χ0n) is 18.9. The van der Waals surface area contributed by atoms with Gasteiger partial charge in [0.2, 0.25) is 0 Å². The third kappa shape index (κ3) is 5.96. The number of aromatic nitrogens is 4. The first-order chi connectivity index (χ1) is 17.4. The van der Waals surface area contributed by atoms with Crippen molar-refractivity contribution in [1.29, 1.82) is 0 Å². The van der Waals surface area contributed by atoms with Gasteiger partial charge in [0.25, 0.3) is 0 Å². The summed E-state index contributed by atoms with van der Waals surface area (Å²) in [5, 5.41) is 13.9. The fourth-order valence-electron chi connectivity index (χ4n) is 3.68. The lowest BCUT2D eigenvalue weighted by Gasteiger charge is -2.22. The van der Waals surface area contributed by atoms with Gasteiger partial charge in [0.1, 0.15) is 24.1 Å². The molecule has 1 aromatic carbocycles. The lowest BCUT2D eigenvalue weighted by molar-refractivity contribution is -0.0520. The van der Waals surface area contributed by atoms with Crippen LogP contribution in [0.25, 0.3) is 11.2 Å². The monoisotopic (exact) mass is 560 g/mol. The molecular weight excluding hydrogens is 538 g/mol. The van der Waals surface area contributed by atoms with E-state index in [4.69, 9.17) is 25.0 Å². The number of nitrogens with two attached hydrogens (primary N) is 1. The van der Waals surface area contributed by atoms with Crippen LogP contribution in [0.1, 0.15) is 16.6 Å². The Labute approximate surface area is 208 Å². The molecule has 1 fully saturated rings. The van der Waals surface area contributed by atoms with E-state index in [0.29, 0.717) is 5.69 Å². The van der Waals surface area contributed by atoms with Crippen molar-refractivity contribution in [3.05, 3.63) is 42.5 Å². The first-order valence-electron chi connectivity index (χ1n) is 10.4. The smallest absolute Gasteiger partial charge is 0.453 e. The van der Waals surface area contributed by atoms with Crippen molar-refractivity contribution in [2.45, 2.75) is 24.5 Å². The van der Waals surface area contributed by atoms with Gasteiger partial charge in [-0.1, -0.05) is 12.1 Å². The Morgan fingerprint density at radius 2 is 1.95 bits per heavy atom. The second-order valence-corrected chi connectivity index (χ2v) is 10.5. The molecule has 1 aliphatic heterocycles. The summed E-state index contributed by atoms with van der Waals surface area (Å²) in [6.45, 7) is -0.878. The van der Waals surface area contributed by atoms with Crippen LogP contribution in [0.2, 0.25) is 0 Å². The second-order valence-electron chi connectivity index (χ2n) is 7.64. The zero-order valence-corrected chi connectivity index (χ0v) is 20.7. The van der Waals surface area contributed by atoms with Crippen LogP contribution >= 0.6 is 15.6 Å². The number of hydrogen-bond acceptors (Lipinski definition) is 13. The van der Waals surface area contributed by atoms with E-state index in [9.17, 15) is 23.9 Å². The molecule has 1 unspecified atom stereocenters. The third-order valence-electron chi connectivity index (χ3n) is 5.24. The lowest BCUT2D eigenvalue weighted by Crippen LogP contribution is -2.38. The van der Waals surface area contributed by atoms with Crippen LogP contribution in [0.15, 0.2) is 36.9 Å². The van der Waals surface area contributed by atoms with Crippen LogP contribution in [0.4, 0.5) is 11.5 Å². The average Bonchev–Trinajstić information content (AvgIpc) is 3.38. The molecule has 1 saturated heterocycles. The predicted molar refractivity (Wildman–Crippen MR) is 124 cm³/mol. The maximum atomic E-state index is 13.0. The van der Waals surface area contributed by atoms with Gasteiger partial charge >= 0.3 is 21.6 Å². The lowest BCUT2D eigenvalue weighted by atomic mass is 10.1. The highest BCUT2D eigenvalue weighted by atomic mass is 31.3. The van der Waals surface area contributed by atoms with Gasteiger partial charge in [-0.25, -0.2) is 28.9 Å². The second kappa shape index (κ2) is 10.4. The molecule has 4 rings (SSSR count). The molecule has 5 atom stereocenters. The first kappa shape index (κ1) is 27.1. The zero-order chi connectivity index (χ0) is 27.0. The minimum Gasteiger partial charge on any atom is -0.453 e. The van der Waals surface area contributed by atoms with E-state index in [0.717, 1.165) is 6.33 Å². The van der Waals surface area contributed by atoms with E-state index in [1.807, 2.05) is 0 Å². The number of benzene rings is 1. The Balaban J connectivity index is 1.63. The highest BCUT2D eigenvalue weighted by molar-refractivity contribution is 7.60. The summed E-state index contributed by atoms with van der Waals surface area (Å²) in [6.07, 6.45) is -3.39. The number of hydrogen-bond donors (Lipinski definition) is 6. The van der Waals surface area contributed by atoms with E-state index < -0.39 is 52.8 Å². The quantitative estimate of drug-likeness (QED) is 0.151. The normalized spacial score (nSPS) is 23.6. The number of nitrogen functional groups attached to an aromatic ring is 1. The van der Waals surface area contributed by atoms with E-state index in [-0.39, 0.29) is 22.5 Å². The number of aliphatic hydroxyl groups is 1. The van der Waals surface area contributed by atoms with Crippen molar-refractivity contribution >= 4 is 44.3 Å². The number of carbonyl (C=O) groups excluding carboxylic acids is 1. The summed E-state index contributed by atoms with van der Waals surface area (Å²) >= 11 is 0. The van der Waals surface area contributed by atoms with Gasteiger partial charge in [0, 0.05) is 12.7 Å². The number of phosphoric acid groups is 2. The van der Waals surface area contributed by atoms with E-state index in [1.165, 1.54) is 17.0 Å². The van der Waals surface area contributed by atoms with Crippen LogP contribution < -0.4 is 11.1 Å². The van der Waals surface area contributed by atoms with Crippen molar-refractivity contribution < 1.29 is 52.0 Å². The molecule has 1 aliphatic rings. The van der Waals surface area contributed by atoms with Crippen LogP contribution in [-0.4, -0.2) is 77.2 Å². The number of imidazole rings is 1. The topological polar surface area (TPSA) is 251 Å². The molecule has 0 spiro atoms. The minimum atomic E-state index is -5.39. The molecule has 3 aromatic rings. The Bertz CT molecular complexity index is 1400. The summed E-state index contributed by atoms with van der Waals surface area (Å²) in [4.78, 5) is 52.2. The van der Waals surface area contributed by atoms with Crippen molar-refractivity contribution in [2.75, 3.05) is 24.7 Å². The summed E-state index contributed by atoms with van der Waals surface area (Å²) in [6, 6.07) is 6.36. The molecule has 0 aliphatic carbocycles. The fourth-order valence-corrected chi connectivity index (χ4v) is 5.28. The van der Waals surface area contributed by atoms with Crippen LogP contribution in [0, 0.1) is 0 Å². The third-order valence-corrected chi connectivity index (χ3v) is 7.39. The molecular formula is C18H22N6O11P2. The molecule has 7 N–H and O–H groups in total. The number of nitrogens with one attached hydrogen (secondary N) is 1. The van der Waals surface area contributed by atoms with Crippen LogP contribution in [-0.2, 0) is 27.4 Å². The van der Waals surface area contributed by atoms with Gasteiger partial charge in [0.05, 0.1) is 18.5 Å². The summed E-state index contributed by atoms with van der Waals surface area (Å²) in [5.74, 6) is -0.817. The Morgan fingerprint density at radius 3 is 2.65 bits per heavy atom. The number of nitrogens with zero attached hydrogens (tertiary/aromatic N) is 4. The molecule has 2 aromatic heterocycles. The Hall–Kier alpha value is -2.98. The highest BCUT2D eigenvalue weighted by Crippen LogP contribution is 2.57. The standard InChI is InChI=1S/C18H22N6O11P2/c1-20-10-5-3-2-4-9(10)18(26)34-14-11(6-32-37(30,31)35-36(27,28)29)33-17(13(14)25)24-8-23-12-15(19)21-7-22-16(12)24/h2-5,7-8,11,13-14,17,20,25H,6H2,1H3,(H,30,31)(H2,19,21,22)(H2,27,28,29)/t11-,13-,14-,17-/m1/s1. The molecule has 200 valence electrons. The molecule has 0 saturated carbocycles. The number of fused-ring (bicyclic) bond motifs is 1. The maximum Gasteiger partial charge on any atom is 0.481 e. The molecule has 0 bridgehead atoms. The van der Waals surface area contributed by atoms with Crippen molar-refractivity contribution in [2.24, 2.45) is 0 Å². The van der Waals surface area contributed by atoms with Crippen LogP contribution in [0.5, 0.6) is 0 Å². The number of phosphoric ester groups is 1. The number of para-hydroxylation sites is 1. The predicted octanol–water partition coefficient (Wildman–Crippen LogP) is 0.160. The molecule has 17 nitrogen and oxygen atoms in total. The van der Waals surface area contributed by atoms with Gasteiger partial charge in [-0.2, -0.15) is 4.31 Å². The summed E-state index contributed by atoms with van der Waals surface area (Å²) < 4.78 is 43.9. The number of esters is 1. The Morgan fingerprint density at radius 1 is 1.22 bits per heavy atom. The van der Waals surface area contributed by atoms with Gasteiger partial charge in [-0.05, 0) is 12.1 Å². The summed E-state index contributed by atoms with van der Waals surface area (Å²) in [7, 11) is -9.08. The fraction of sp³-hybridized carbons (Fsp3) is 0.333. The van der Waals surface area contributed by atoms with Crippen LogP contribution in [0.3, 0.4) is 0 Å². The average molecular weight is 560 g/mol. The molecule has 19 heteroatoms. The number of ether oxygens (including phenoxy) is 2. The molecule has 37 heavy (non-hydrogen) atoms. The maximum absolute atomic E-state index is 13.0. The Kier molecular flexibility index (Phi) is 7.62. The molecule has 0 radical (unpaired) electrons. The first-order valence-corrected chi connectivity index (χ1v) is 13.4. The SMILES string of the molecule is CNc1ccccc1C(=O)O[C@H]1[C@@H](O)[C@H](n2cnc3c(N)ncnc32)O[C@@H]1COP(=O)(O)OP(=O)(O)O. The van der Waals surface area contributed by atoms with Gasteiger partial charge in [0.15, 0.2) is 23.8 Å². The highest BCUT2D eigenvalue weighted by Gasteiger charge is 2.49.